The minimum Gasteiger partial charge on any atom is -0.867 e. The summed E-state index contributed by atoms with van der Waals surface area (Å²) < 4.78 is 1.82. The topological polar surface area (TPSA) is 39.0 Å². The SMILES string of the molecule is CC(C)(C)c1cc[n+](C(C(=S)Nc2cccc3ccccc23)=C([O-])c2cccs2)cc1. The highest BCUT2D eigenvalue weighted by Gasteiger charge is 2.22. The summed E-state index contributed by atoms with van der Waals surface area (Å²) in [6.07, 6.45) is 3.83. The van der Waals surface area contributed by atoms with E-state index in [-0.39, 0.29) is 11.2 Å². The van der Waals surface area contributed by atoms with Crippen molar-refractivity contribution in [1.82, 2.24) is 0 Å². The molecule has 0 aliphatic rings. The lowest BCUT2D eigenvalue weighted by atomic mass is 9.88. The average molecular weight is 445 g/mol. The number of thiophene rings is 1. The zero-order chi connectivity index (χ0) is 22.0. The van der Waals surface area contributed by atoms with Gasteiger partial charge in [0.1, 0.15) is 0 Å². The van der Waals surface area contributed by atoms with Crippen molar-refractivity contribution < 1.29 is 9.67 Å². The lowest BCUT2D eigenvalue weighted by molar-refractivity contribution is -0.577. The highest BCUT2D eigenvalue weighted by molar-refractivity contribution is 7.81. The highest BCUT2D eigenvalue weighted by Crippen LogP contribution is 2.26. The number of anilines is 1. The van der Waals surface area contributed by atoms with E-state index >= 15 is 0 Å². The van der Waals surface area contributed by atoms with Gasteiger partial charge in [0.2, 0.25) is 5.70 Å². The van der Waals surface area contributed by atoms with Gasteiger partial charge in [-0.3, -0.25) is 0 Å². The van der Waals surface area contributed by atoms with E-state index < -0.39 is 0 Å². The molecule has 0 radical (unpaired) electrons. The first-order valence-corrected chi connectivity index (χ1v) is 11.4. The summed E-state index contributed by atoms with van der Waals surface area (Å²) in [4.78, 5) is 1.05. The van der Waals surface area contributed by atoms with Gasteiger partial charge < -0.3 is 10.4 Å². The van der Waals surface area contributed by atoms with Crippen LogP contribution >= 0.6 is 23.6 Å². The predicted molar refractivity (Wildman–Crippen MR) is 133 cm³/mol. The zero-order valence-electron chi connectivity index (χ0n) is 17.8. The van der Waals surface area contributed by atoms with Crippen molar-refractivity contribution in [2.75, 3.05) is 5.32 Å². The van der Waals surface area contributed by atoms with E-state index in [1.165, 1.54) is 16.9 Å². The van der Waals surface area contributed by atoms with Crippen LogP contribution in [0.3, 0.4) is 0 Å². The molecule has 2 aromatic heterocycles. The van der Waals surface area contributed by atoms with Crippen LogP contribution in [-0.2, 0) is 5.41 Å². The van der Waals surface area contributed by atoms with Crippen molar-refractivity contribution in [3.63, 3.8) is 0 Å². The highest BCUT2D eigenvalue weighted by atomic mass is 32.1. The molecule has 1 N–H and O–H groups in total. The summed E-state index contributed by atoms with van der Waals surface area (Å²) in [5.41, 5.74) is 2.54. The molecule has 2 heterocycles. The van der Waals surface area contributed by atoms with Crippen LogP contribution in [0.25, 0.3) is 22.2 Å². The molecule has 3 nitrogen and oxygen atoms in total. The molecular weight excluding hydrogens is 420 g/mol. The minimum absolute atomic E-state index is 0.0265. The molecule has 0 spiro atoms. The van der Waals surface area contributed by atoms with Gasteiger partial charge in [0, 0.05) is 28.1 Å². The normalized spacial score (nSPS) is 12.5. The molecule has 0 aliphatic carbocycles. The number of pyridine rings is 1. The third-order valence-electron chi connectivity index (χ3n) is 5.17. The van der Waals surface area contributed by atoms with E-state index in [1.807, 2.05) is 76.9 Å². The van der Waals surface area contributed by atoms with Gasteiger partial charge >= 0.3 is 0 Å². The molecule has 31 heavy (non-hydrogen) atoms. The first kappa shape index (κ1) is 21.2. The molecule has 0 aliphatic heterocycles. The minimum atomic E-state index is -0.0961. The number of benzene rings is 2. The Hall–Kier alpha value is -3.02. The predicted octanol–water partition coefficient (Wildman–Crippen LogP) is 5.61. The van der Waals surface area contributed by atoms with Crippen LogP contribution in [0.4, 0.5) is 5.69 Å². The number of hydrogen-bond acceptors (Lipinski definition) is 3. The Kier molecular flexibility index (Phi) is 5.90. The lowest BCUT2D eigenvalue weighted by Gasteiger charge is -2.19. The molecule has 0 saturated carbocycles. The number of hydrogen-bond donors (Lipinski definition) is 1. The second kappa shape index (κ2) is 8.61. The van der Waals surface area contributed by atoms with Crippen LogP contribution in [0.1, 0.15) is 31.2 Å². The van der Waals surface area contributed by atoms with Gasteiger partial charge in [-0.1, -0.05) is 75.5 Å². The average Bonchev–Trinajstić information content (AvgIpc) is 3.29. The van der Waals surface area contributed by atoms with Gasteiger partial charge in [0.25, 0.3) is 0 Å². The zero-order valence-corrected chi connectivity index (χ0v) is 19.4. The summed E-state index contributed by atoms with van der Waals surface area (Å²) in [5, 5.41) is 20.8. The van der Waals surface area contributed by atoms with E-state index in [0.29, 0.717) is 15.6 Å². The van der Waals surface area contributed by atoms with E-state index in [0.717, 1.165) is 16.5 Å². The molecule has 5 heteroatoms. The fourth-order valence-electron chi connectivity index (χ4n) is 3.45. The number of rotatable bonds is 4. The Labute approximate surface area is 192 Å². The van der Waals surface area contributed by atoms with Gasteiger partial charge in [-0.2, -0.15) is 4.57 Å². The Morgan fingerprint density at radius 1 is 0.935 bits per heavy atom. The number of nitrogens with zero attached hydrogens (tertiary/aromatic N) is 1. The summed E-state index contributed by atoms with van der Waals surface area (Å²) in [7, 11) is 0. The fourth-order valence-corrected chi connectivity index (χ4v) is 4.43. The molecule has 0 saturated heterocycles. The van der Waals surface area contributed by atoms with E-state index in [2.05, 4.69) is 38.2 Å². The van der Waals surface area contributed by atoms with Crippen LogP contribution in [-0.4, -0.2) is 4.99 Å². The quantitative estimate of drug-likeness (QED) is 0.192. The van der Waals surface area contributed by atoms with Crippen molar-refractivity contribution in [2.24, 2.45) is 0 Å². The Morgan fingerprint density at radius 2 is 1.65 bits per heavy atom. The summed E-state index contributed by atoms with van der Waals surface area (Å²) in [5.74, 6) is -0.0961. The summed E-state index contributed by atoms with van der Waals surface area (Å²) in [6.45, 7) is 6.50. The molecule has 156 valence electrons. The van der Waals surface area contributed by atoms with E-state index in [1.54, 1.807) is 0 Å². The standard InChI is InChI=1S/C26H24N2OS2/c1-26(2,3)19-13-15-28(16-14-19)23(24(29)22-12-7-17-31-22)25(30)27-21-11-6-9-18-8-4-5-10-20(18)21/h4-17H,1-3H3,(H-,27,29,30). The maximum Gasteiger partial charge on any atom is 0.239 e. The second-order valence-corrected chi connectivity index (χ2v) is 9.74. The largest absolute Gasteiger partial charge is 0.867 e. The molecule has 4 rings (SSSR count). The lowest BCUT2D eigenvalue weighted by Crippen LogP contribution is -2.40. The van der Waals surface area contributed by atoms with Gasteiger partial charge in [0.05, 0.1) is 0 Å². The number of fused-ring (bicyclic) bond motifs is 1. The maximum absolute atomic E-state index is 13.4. The molecule has 0 fully saturated rings. The molecular formula is C26H24N2OS2. The molecule has 0 atom stereocenters. The number of thiocarbonyl (C=S) groups is 1. The van der Waals surface area contributed by atoms with Crippen LogP contribution in [0.5, 0.6) is 0 Å². The van der Waals surface area contributed by atoms with Gasteiger partial charge in [-0.15, -0.1) is 11.3 Å². The number of nitrogens with one attached hydrogen (secondary N) is 1. The van der Waals surface area contributed by atoms with Crippen molar-refractivity contribution in [1.29, 1.82) is 0 Å². The smallest absolute Gasteiger partial charge is 0.239 e. The van der Waals surface area contributed by atoms with Gasteiger partial charge in [0.15, 0.2) is 17.4 Å². The Bertz CT molecular complexity index is 1250. The van der Waals surface area contributed by atoms with Crippen LogP contribution in [0, 0.1) is 0 Å². The third kappa shape index (κ3) is 4.53. The number of aromatic nitrogens is 1. The van der Waals surface area contributed by atoms with Crippen molar-refractivity contribution >= 4 is 56.5 Å². The Morgan fingerprint density at radius 3 is 2.32 bits per heavy atom. The van der Waals surface area contributed by atoms with Crippen molar-refractivity contribution in [2.45, 2.75) is 26.2 Å². The first-order chi connectivity index (χ1) is 14.8. The van der Waals surface area contributed by atoms with Crippen LogP contribution in [0.2, 0.25) is 0 Å². The monoisotopic (exact) mass is 444 g/mol. The summed E-state index contributed by atoms with van der Waals surface area (Å²) in [6, 6.07) is 21.9. The van der Waals surface area contributed by atoms with Crippen LogP contribution in [0.15, 0.2) is 84.5 Å². The maximum atomic E-state index is 13.4. The van der Waals surface area contributed by atoms with Gasteiger partial charge in [-0.25, -0.2) is 0 Å². The molecule has 4 aromatic rings. The molecule has 0 unspecified atom stereocenters. The Balaban J connectivity index is 1.78. The molecule has 0 bridgehead atoms. The third-order valence-corrected chi connectivity index (χ3v) is 6.33. The van der Waals surface area contributed by atoms with E-state index in [9.17, 15) is 5.11 Å². The first-order valence-electron chi connectivity index (χ1n) is 10.1. The van der Waals surface area contributed by atoms with E-state index in [4.69, 9.17) is 12.2 Å². The summed E-state index contributed by atoms with van der Waals surface area (Å²) >= 11 is 7.19. The molecule has 2 aromatic carbocycles. The van der Waals surface area contributed by atoms with Crippen molar-refractivity contribution in [3.8, 4) is 0 Å². The van der Waals surface area contributed by atoms with Gasteiger partial charge in [-0.05, 0) is 39.6 Å². The fraction of sp³-hybridized carbons (Fsp3) is 0.154. The van der Waals surface area contributed by atoms with Crippen molar-refractivity contribution in [3.05, 3.63) is 94.9 Å². The second-order valence-electron chi connectivity index (χ2n) is 8.38. The van der Waals surface area contributed by atoms with Crippen LogP contribution < -0.4 is 15.0 Å². The molecule has 0 amide bonds.